The van der Waals surface area contributed by atoms with Gasteiger partial charge in [-0.15, -0.1) is 11.3 Å². The highest BCUT2D eigenvalue weighted by molar-refractivity contribution is 7.12. The van der Waals surface area contributed by atoms with Crippen LogP contribution in [0, 0.1) is 0 Å². The molecule has 0 aliphatic rings. The fraction of sp³-hybridized carbons (Fsp3) is 0.167. The third-order valence-electron chi connectivity index (χ3n) is 0.914. The van der Waals surface area contributed by atoms with Crippen LogP contribution in [0.25, 0.3) is 0 Å². The maximum absolute atomic E-state index is 10.6. The van der Waals surface area contributed by atoms with Crippen molar-refractivity contribution in [1.29, 1.82) is 0 Å². The van der Waals surface area contributed by atoms with Gasteiger partial charge >= 0.3 is 0 Å². The van der Waals surface area contributed by atoms with Gasteiger partial charge in [-0.05, 0) is 13.0 Å². The summed E-state index contributed by atoms with van der Waals surface area (Å²) in [4.78, 5) is 11.3. The number of carbonyl (C=O) groups excluding carboxylic acids is 1. The van der Waals surface area contributed by atoms with E-state index in [9.17, 15) is 4.79 Å². The average Bonchev–Trinajstić information content (AvgIpc) is 2.14. The highest BCUT2D eigenvalue weighted by atomic mass is 35.5. The van der Waals surface area contributed by atoms with Crippen LogP contribution < -0.4 is 0 Å². The zero-order chi connectivity index (χ0) is 6.85. The van der Waals surface area contributed by atoms with Gasteiger partial charge in [-0.3, -0.25) is 4.79 Å². The molecule has 48 valence electrons. The summed E-state index contributed by atoms with van der Waals surface area (Å²) in [5.41, 5.74) is 0. The summed E-state index contributed by atoms with van der Waals surface area (Å²) >= 11 is 6.94. The first-order valence-corrected chi connectivity index (χ1v) is 3.71. The van der Waals surface area contributed by atoms with E-state index < -0.39 is 0 Å². The fourth-order valence-corrected chi connectivity index (χ4v) is 1.47. The second-order valence-electron chi connectivity index (χ2n) is 1.69. The Morgan fingerprint density at radius 2 is 2.44 bits per heavy atom. The Balaban J connectivity index is 2.98. The smallest absolute Gasteiger partial charge is 0.169 e. The molecule has 0 fully saturated rings. The second-order valence-corrected chi connectivity index (χ2v) is 3.03. The predicted octanol–water partition coefficient (Wildman–Crippen LogP) is 2.60. The fourth-order valence-electron chi connectivity index (χ4n) is 0.498. The van der Waals surface area contributed by atoms with Crippen LogP contribution in [0.4, 0.5) is 0 Å². The number of carbonyl (C=O) groups is 1. The van der Waals surface area contributed by atoms with E-state index in [2.05, 4.69) is 0 Å². The van der Waals surface area contributed by atoms with Gasteiger partial charge in [0.15, 0.2) is 5.78 Å². The van der Waals surface area contributed by atoms with Crippen molar-refractivity contribution in [2.24, 2.45) is 0 Å². The molecule has 1 heterocycles. The summed E-state index contributed by atoms with van der Waals surface area (Å²) in [6, 6.07) is 1.68. The standard InChI is InChI=1S/C6H5ClOS/c1-4(8)6-2-5(7)3-9-6/h2-3H,1H3. The van der Waals surface area contributed by atoms with Crippen LogP contribution in [0.2, 0.25) is 5.02 Å². The van der Waals surface area contributed by atoms with Crippen molar-refractivity contribution in [2.45, 2.75) is 6.92 Å². The van der Waals surface area contributed by atoms with E-state index in [4.69, 9.17) is 11.6 Å². The third kappa shape index (κ3) is 1.53. The van der Waals surface area contributed by atoms with Gasteiger partial charge in [0.25, 0.3) is 0 Å². The molecule has 1 rings (SSSR count). The van der Waals surface area contributed by atoms with Crippen LogP contribution in [0.5, 0.6) is 0 Å². The minimum atomic E-state index is 0.0758. The topological polar surface area (TPSA) is 17.1 Å². The van der Waals surface area contributed by atoms with E-state index in [1.54, 1.807) is 11.4 Å². The lowest BCUT2D eigenvalue weighted by Crippen LogP contribution is -1.83. The van der Waals surface area contributed by atoms with Crippen LogP contribution in [-0.2, 0) is 0 Å². The van der Waals surface area contributed by atoms with Crippen LogP contribution in [-0.4, -0.2) is 5.78 Å². The molecule has 1 nitrogen and oxygen atoms in total. The summed E-state index contributed by atoms with van der Waals surface area (Å²) < 4.78 is 0. The van der Waals surface area contributed by atoms with Crippen LogP contribution >= 0.6 is 22.9 Å². The van der Waals surface area contributed by atoms with E-state index in [0.29, 0.717) is 5.02 Å². The highest BCUT2D eigenvalue weighted by Gasteiger charge is 2.00. The van der Waals surface area contributed by atoms with Crippen molar-refractivity contribution in [3.05, 3.63) is 21.3 Å². The SMILES string of the molecule is CC(=O)c1cc(Cl)cs1. The monoisotopic (exact) mass is 160 g/mol. The lowest BCUT2D eigenvalue weighted by molar-refractivity contribution is 0.102. The number of halogens is 1. The van der Waals surface area contributed by atoms with Crippen molar-refractivity contribution in [2.75, 3.05) is 0 Å². The Morgan fingerprint density at radius 1 is 1.78 bits per heavy atom. The van der Waals surface area contributed by atoms with Crippen molar-refractivity contribution in [3.8, 4) is 0 Å². The molecule has 0 atom stereocenters. The van der Waals surface area contributed by atoms with Gasteiger partial charge in [0.2, 0.25) is 0 Å². The lowest BCUT2D eigenvalue weighted by Gasteiger charge is -1.80. The first kappa shape index (κ1) is 6.78. The third-order valence-corrected chi connectivity index (χ3v) is 2.29. The molecular formula is C6H5ClOS. The Hall–Kier alpha value is -0.340. The van der Waals surface area contributed by atoms with E-state index in [1.807, 2.05) is 0 Å². The molecule has 0 spiro atoms. The van der Waals surface area contributed by atoms with E-state index in [-0.39, 0.29) is 5.78 Å². The number of hydrogen-bond acceptors (Lipinski definition) is 2. The number of thiophene rings is 1. The number of hydrogen-bond donors (Lipinski definition) is 0. The molecule has 0 aromatic carbocycles. The molecular weight excluding hydrogens is 156 g/mol. The Kier molecular flexibility index (Phi) is 1.88. The maximum Gasteiger partial charge on any atom is 0.169 e. The highest BCUT2D eigenvalue weighted by Crippen LogP contribution is 2.18. The van der Waals surface area contributed by atoms with Crippen molar-refractivity contribution < 1.29 is 4.79 Å². The zero-order valence-corrected chi connectivity index (χ0v) is 6.42. The van der Waals surface area contributed by atoms with Crippen molar-refractivity contribution in [3.63, 3.8) is 0 Å². The van der Waals surface area contributed by atoms with Crippen LogP contribution in [0.1, 0.15) is 16.6 Å². The molecule has 0 unspecified atom stereocenters. The van der Waals surface area contributed by atoms with Gasteiger partial charge in [-0.25, -0.2) is 0 Å². The number of ketones is 1. The molecule has 9 heavy (non-hydrogen) atoms. The predicted molar refractivity (Wildman–Crippen MR) is 39.3 cm³/mol. The number of Topliss-reactive ketones (excluding diaryl/α,β-unsaturated/α-hetero) is 1. The van der Waals surface area contributed by atoms with Crippen LogP contribution in [0.3, 0.4) is 0 Å². The molecule has 1 aromatic heterocycles. The molecule has 0 aliphatic heterocycles. The quantitative estimate of drug-likeness (QED) is 0.578. The molecule has 0 saturated carbocycles. The first-order valence-electron chi connectivity index (χ1n) is 2.45. The van der Waals surface area contributed by atoms with E-state index >= 15 is 0 Å². The maximum atomic E-state index is 10.6. The van der Waals surface area contributed by atoms with E-state index in [1.165, 1.54) is 18.3 Å². The largest absolute Gasteiger partial charge is 0.294 e. The minimum Gasteiger partial charge on any atom is -0.294 e. The summed E-state index contributed by atoms with van der Waals surface area (Å²) in [5, 5.41) is 2.39. The van der Waals surface area contributed by atoms with Gasteiger partial charge in [0.1, 0.15) is 0 Å². The molecule has 0 radical (unpaired) electrons. The summed E-state index contributed by atoms with van der Waals surface area (Å²) in [6.07, 6.45) is 0. The zero-order valence-electron chi connectivity index (χ0n) is 4.85. The molecule has 0 N–H and O–H groups in total. The second kappa shape index (κ2) is 2.50. The van der Waals surface area contributed by atoms with Gasteiger partial charge in [-0.2, -0.15) is 0 Å². The van der Waals surface area contributed by atoms with Gasteiger partial charge < -0.3 is 0 Å². The molecule has 0 aliphatic carbocycles. The van der Waals surface area contributed by atoms with Gasteiger partial charge in [0.05, 0.1) is 9.90 Å². The molecule has 0 amide bonds. The summed E-state index contributed by atoms with van der Waals surface area (Å²) in [6.45, 7) is 1.53. The number of rotatable bonds is 1. The molecule has 0 bridgehead atoms. The average molecular weight is 161 g/mol. The summed E-state index contributed by atoms with van der Waals surface area (Å²) in [5.74, 6) is 0.0758. The lowest BCUT2D eigenvalue weighted by atomic mass is 10.4. The van der Waals surface area contributed by atoms with Crippen molar-refractivity contribution >= 4 is 28.7 Å². The molecule has 3 heteroatoms. The summed E-state index contributed by atoms with van der Waals surface area (Å²) in [7, 11) is 0. The van der Waals surface area contributed by atoms with Crippen LogP contribution in [0.15, 0.2) is 11.4 Å². The normalized spacial score (nSPS) is 9.56. The first-order chi connectivity index (χ1) is 4.20. The molecule has 1 aromatic rings. The van der Waals surface area contributed by atoms with E-state index in [0.717, 1.165) is 4.88 Å². The Morgan fingerprint density at radius 3 is 2.67 bits per heavy atom. The van der Waals surface area contributed by atoms with Gasteiger partial charge in [-0.1, -0.05) is 11.6 Å². The Bertz CT molecular complexity index is 229. The minimum absolute atomic E-state index is 0.0758. The van der Waals surface area contributed by atoms with Crippen molar-refractivity contribution in [1.82, 2.24) is 0 Å². The molecule has 0 saturated heterocycles. The van der Waals surface area contributed by atoms with Gasteiger partial charge in [0, 0.05) is 5.38 Å². The Labute approximate surface area is 62.3 Å².